The average molecular weight is 266 g/mol. The SMILES string of the molecule is CCNC(=O)Nc1nc(CO)c(-c2ccc[nH]2)s1. The first-order chi connectivity index (χ1) is 8.74. The van der Waals surface area contributed by atoms with Crippen LogP contribution in [0.15, 0.2) is 18.3 Å². The number of carbonyl (C=O) groups is 1. The minimum Gasteiger partial charge on any atom is -0.390 e. The Morgan fingerprint density at radius 3 is 3.06 bits per heavy atom. The second-order valence-electron chi connectivity index (χ2n) is 3.52. The number of aromatic nitrogens is 2. The van der Waals surface area contributed by atoms with Crippen LogP contribution in [0.25, 0.3) is 10.6 Å². The van der Waals surface area contributed by atoms with Crippen molar-refractivity contribution in [3.05, 3.63) is 24.0 Å². The van der Waals surface area contributed by atoms with E-state index in [1.807, 2.05) is 19.1 Å². The number of nitrogens with zero attached hydrogens (tertiary/aromatic N) is 1. The van der Waals surface area contributed by atoms with E-state index in [1.54, 1.807) is 6.20 Å². The zero-order chi connectivity index (χ0) is 13.0. The molecule has 0 atom stereocenters. The van der Waals surface area contributed by atoms with Gasteiger partial charge in [0.25, 0.3) is 0 Å². The third kappa shape index (κ3) is 2.69. The number of hydrogen-bond donors (Lipinski definition) is 4. The second kappa shape index (κ2) is 5.65. The van der Waals surface area contributed by atoms with Crippen molar-refractivity contribution in [2.45, 2.75) is 13.5 Å². The highest BCUT2D eigenvalue weighted by molar-refractivity contribution is 7.19. The van der Waals surface area contributed by atoms with E-state index in [4.69, 9.17) is 0 Å². The molecule has 2 rings (SSSR count). The van der Waals surface area contributed by atoms with E-state index >= 15 is 0 Å². The fourth-order valence-electron chi connectivity index (χ4n) is 1.50. The maximum Gasteiger partial charge on any atom is 0.321 e. The molecule has 0 fully saturated rings. The fourth-order valence-corrected chi connectivity index (χ4v) is 2.45. The van der Waals surface area contributed by atoms with Crippen molar-refractivity contribution in [1.29, 1.82) is 0 Å². The number of hydrogen-bond acceptors (Lipinski definition) is 4. The molecule has 6 nitrogen and oxygen atoms in total. The van der Waals surface area contributed by atoms with Gasteiger partial charge in [-0.25, -0.2) is 9.78 Å². The number of amides is 2. The summed E-state index contributed by atoms with van der Waals surface area (Å²) < 4.78 is 0. The zero-order valence-corrected chi connectivity index (χ0v) is 10.7. The standard InChI is InChI=1S/C11H14N4O2S/c1-2-12-10(17)15-11-14-8(6-16)9(18-11)7-4-3-5-13-7/h3-5,13,16H,2,6H2,1H3,(H2,12,14,15,17). The first-order valence-electron chi connectivity index (χ1n) is 5.53. The van der Waals surface area contributed by atoms with Crippen LogP contribution in [0.2, 0.25) is 0 Å². The van der Waals surface area contributed by atoms with E-state index in [2.05, 4.69) is 20.6 Å². The summed E-state index contributed by atoms with van der Waals surface area (Å²) in [5, 5.41) is 15.0. The van der Waals surface area contributed by atoms with Crippen molar-refractivity contribution in [2.24, 2.45) is 0 Å². The predicted molar refractivity (Wildman–Crippen MR) is 70.5 cm³/mol. The van der Waals surface area contributed by atoms with Crippen molar-refractivity contribution >= 4 is 22.5 Å². The molecule has 0 aliphatic rings. The summed E-state index contributed by atoms with van der Waals surface area (Å²) >= 11 is 1.32. The number of rotatable bonds is 4. The van der Waals surface area contributed by atoms with Gasteiger partial charge in [0.15, 0.2) is 5.13 Å². The quantitative estimate of drug-likeness (QED) is 0.680. The van der Waals surface area contributed by atoms with E-state index in [0.29, 0.717) is 17.4 Å². The summed E-state index contributed by atoms with van der Waals surface area (Å²) in [5.74, 6) is 0. The molecular formula is C11H14N4O2S. The van der Waals surface area contributed by atoms with Gasteiger partial charge >= 0.3 is 6.03 Å². The average Bonchev–Trinajstić information content (AvgIpc) is 2.96. The number of thiazole rings is 1. The van der Waals surface area contributed by atoms with Gasteiger partial charge in [0.05, 0.1) is 22.9 Å². The predicted octanol–water partition coefficient (Wildman–Crippen LogP) is 1.77. The van der Waals surface area contributed by atoms with Crippen LogP contribution in [-0.2, 0) is 6.61 Å². The Morgan fingerprint density at radius 1 is 1.61 bits per heavy atom. The summed E-state index contributed by atoms with van der Waals surface area (Å²) in [6, 6.07) is 3.46. The number of carbonyl (C=O) groups excluding carboxylic acids is 1. The number of H-pyrrole nitrogens is 1. The molecule has 0 unspecified atom stereocenters. The van der Waals surface area contributed by atoms with Crippen LogP contribution in [0.4, 0.5) is 9.93 Å². The Balaban J connectivity index is 2.22. The molecule has 0 aromatic carbocycles. The highest BCUT2D eigenvalue weighted by Crippen LogP contribution is 2.32. The van der Waals surface area contributed by atoms with E-state index in [1.165, 1.54) is 11.3 Å². The molecule has 96 valence electrons. The van der Waals surface area contributed by atoms with Crippen molar-refractivity contribution in [3.63, 3.8) is 0 Å². The number of nitrogens with one attached hydrogen (secondary N) is 3. The Hall–Kier alpha value is -1.86. The number of urea groups is 1. The molecule has 2 aromatic rings. The second-order valence-corrected chi connectivity index (χ2v) is 4.52. The molecule has 0 aliphatic carbocycles. The monoisotopic (exact) mass is 266 g/mol. The first kappa shape index (κ1) is 12.6. The molecule has 0 bridgehead atoms. The van der Waals surface area contributed by atoms with Gasteiger partial charge in [-0.2, -0.15) is 0 Å². The number of anilines is 1. The van der Waals surface area contributed by atoms with E-state index in [0.717, 1.165) is 10.6 Å². The molecule has 2 amide bonds. The Bertz CT molecular complexity index is 521. The highest BCUT2D eigenvalue weighted by atomic mass is 32.1. The van der Waals surface area contributed by atoms with Gasteiger partial charge in [-0.3, -0.25) is 5.32 Å². The molecular weight excluding hydrogens is 252 g/mol. The minimum absolute atomic E-state index is 0.165. The Labute approximate surface area is 108 Å². The van der Waals surface area contributed by atoms with Crippen LogP contribution in [0.1, 0.15) is 12.6 Å². The van der Waals surface area contributed by atoms with Gasteiger partial charge in [0.1, 0.15) is 0 Å². The van der Waals surface area contributed by atoms with Crippen LogP contribution < -0.4 is 10.6 Å². The molecule has 0 spiro atoms. The Kier molecular flexibility index (Phi) is 3.96. The first-order valence-corrected chi connectivity index (χ1v) is 6.35. The maximum atomic E-state index is 11.4. The molecule has 18 heavy (non-hydrogen) atoms. The summed E-state index contributed by atoms with van der Waals surface area (Å²) in [4.78, 5) is 19.4. The van der Waals surface area contributed by atoms with Crippen molar-refractivity contribution < 1.29 is 9.90 Å². The Morgan fingerprint density at radius 2 is 2.44 bits per heavy atom. The highest BCUT2D eigenvalue weighted by Gasteiger charge is 2.14. The van der Waals surface area contributed by atoms with Crippen molar-refractivity contribution in [3.8, 4) is 10.6 Å². The van der Waals surface area contributed by atoms with Crippen LogP contribution in [0.3, 0.4) is 0 Å². The van der Waals surface area contributed by atoms with Crippen molar-refractivity contribution in [1.82, 2.24) is 15.3 Å². The topological polar surface area (TPSA) is 90.0 Å². The minimum atomic E-state index is -0.297. The van der Waals surface area contributed by atoms with E-state index in [9.17, 15) is 9.90 Å². The summed E-state index contributed by atoms with van der Waals surface area (Å²) in [6.07, 6.45) is 1.80. The van der Waals surface area contributed by atoms with Crippen LogP contribution in [-0.4, -0.2) is 27.7 Å². The largest absolute Gasteiger partial charge is 0.390 e. The summed E-state index contributed by atoms with van der Waals surface area (Å²) in [5.41, 5.74) is 1.43. The normalized spacial score (nSPS) is 10.3. The molecule has 0 radical (unpaired) electrons. The van der Waals surface area contributed by atoms with Crippen LogP contribution in [0, 0.1) is 0 Å². The molecule has 7 heteroatoms. The van der Waals surface area contributed by atoms with Gasteiger partial charge in [0.2, 0.25) is 0 Å². The molecule has 0 saturated carbocycles. The van der Waals surface area contributed by atoms with E-state index < -0.39 is 0 Å². The van der Waals surface area contributed by atoms with Gasteiger partial charge in [0, 0.05) is 12.7 Å². The lowest BCUT2D eigenvalue weighted by atomic mass is 10.3. The number of aliphatic hydroxyl groups excluding tert-OH is 1. The maximum absolute atomic E-state index is 11.4. The van der Waals surface area contributed by atoms with Crippen LogP contribution in [0.5, 0.6) is 0 Å². The van der Waals surface area contributed by atoms with Gasteiger partial charge in [-0.05, 0) is 19.1 Å². The van der Waals surface area contributed by atoms with Crippen molar-refractivity contribution in [2.75, 3.05) is 11.9 Å². The molecule has 2 aromatic heterocycles. The third-order valence-electron chi connectivity index (χ3n) is 2.25. The smallest absolute Gasteiger partial charge is 0.321 e. The molecule has 0 saturated heterocycles. The van der Waals surface area contributed by atoms with E-state index in [-0.39, 0.29) is 12.6 Å². The fraction of sp³-hybridized carbons (Fsp3) is 0.273. The van der Waals surface area contributed by atoms with Crippen LogP contribution >= 0.6 is 11.3 Å². The lowest BCUT2D eigenvalue weighted by Gasteiger charge is -2.00. The molecule has 2 heterocycles. The number of aromatic amines is 1. The summed E-state index contributed by atoms with van der Waals surface area (Å²) in [6.45, 7) is 2.22. The number of aliphatic hydroxyl groups is 1. The molecule has 0 aliphatic heterocycles. The lowest BCUT2D eigenvalue weighted by molar-refractivity contribution is 0.252. The molecule has 4 N–H and O–H groups in total. The van der Waals surface area contributed by atoms with Gasteiger partial charge in [-0.1, -0.05) is 11.3 Å². The zero-order valence-electron chi connectivity index (χ0n) is 9.86. The lowest BCUT2D eigenvalue weighted by Crippen LogP contribution is -2.28. The van der Waals surface area contributed by atoms with Gasteiger partial charge < -0.3 is 15.4 Å². The third-order valence-corrected chi connectivity index (χ3v) is 3.29. The summed E-state index contributed by atoms with van der Waals surface area (Å²) in [7, 11) is 0. The van der Waals surface area contributed by atoms with Gasteiger partial charge in [-0.15, -0.1) is 0 Å².